The Morgan fingerprint density at radius 3 is 2.71 bits per heavy atom. The van der Waals surface area contributed by atoms with Crippen molar-refractivity contribution in [2.75, 3.05) is 16.8 Å². The first kappa shape index (κ1) is 16.6. The second-order valence-electron chi connectivity index (χ2n) is 5.65. The average molecular weight is 344 g/mol. The molecule has 0 unspecified atom stereocenters. The molecule has 2 N–H and O–H groups in total. The van der Waals surface area contributed by atoms with Crippen molar-refractivity contribution < 1.29 is 9.53 Å². The van der Waals surface area contributed by atoms with Gasteiger partial charge in [-0.15, -0.1) is 5.10 Å². The van der Waals surface area contributed by atoms with Crippen LogP contribution in [0.15, 0.2) is 36.4 Å². The molecule has 0 radical (unpaired) electrons. The molecular weight excluding hydrogens is 324 g/mol. The van der Waals surface area contributed by atoms with Crippen LogP contribution in [0.25, 0.3) is 0 Å². The largest absolute Gasteiger partial charge is 0.438 e. The number of rotatable bonds is 4. The number of benzene rings is 1. The monoisotopic (exact) mass is 344 g/mol. The number of nitrogens with one attached hydrogen (secondary N) is 2. The number of amides is 2. The molecule has 1 fully saturated rings. The van der Waals surface area contributed by atoms with Crippen molar-refractivity contribution in [1.29, 1.82) is 0 Å². The van der Waals surface area contributed by atoms with Crippen molar-refractivity contribution in [2.24, 2.45) is 0 Å². The van der Waals surface area contributed by atoms with Crippen LogP contribution in [0.1, 0.15) is 18.5 Å². The normalized spacial score (nSPS) is 17.1. The fourth-order valence-electron chi connectivity index (χ4n) is 2.38. The number of hydrogen-bond acceptors (Lipinski definition) is 5. The van der Waals surface area contributed by atoms with Gasteiger partial charge in [0.2, 0.25) is 5.88 Å². The zero-order chi connectivity index (χ0) is 16.8. The molecule has 2 amide bonds. The first-order chi connectivity index (χ1) is 11.7. The van der Waals surface area contributed by atoms with Gasteiger partial charge in [-0.25, -0.2) is 4.79 Å². The number of anilines is 1. The van der Waals surface area contributed by atoms with Gasteiger partial charge in [-0.3, -0.25) is 0 Å². The molecular formula is C17H20N4O2S. The summed E-state index contributed by atoms with van der Waals surface area (Å²) >= 11 is 1.88. The van der Waals surface area contributed by atoms with E-state index in [4.69, 9.17) is 4.74 Å². The number of urea groups is 1. The maximum absolute atomic E-state index is 12.0. The Kier molecular flexibility index (Phi) is 5.53. The number of carbonyl (C=O) groups is 1. The predicted molar refractivity (Wildman–Crippen MR) is 95.8 cm³/mol. The number of ether oxygens (including phenoxy) is 1. The summed E-state index contributed by atoms with van der Waals surface area (Å²) in [7, 11) is 0. The van der Waals surface area contributed by atoms with Gasteiger partial charge in [0.05, 0.1) is 5.69 Å². The van der Waals surface area contributed by atoms with Gasteiger partial charge < -0.3 is 15.4 Å². The number of carbonyl (C=O) groups excluding carboxylic acids is 1. The molecule has 1 saturated heterocycles. The van der Waals surface area contributed by atoms with Gasteiger partial charge in [-0.1, -0.05) is 0 Å². The van der Waals surface area contributed by atoms with E-state index >= 15 is 0 Å². The lowest BCUT2D eigenvalue weighted by Gasteiger charge is -2.22. The lowest BCUT2D eigenvalue weighted by Crippen LogP contribution is -2.40. The summed E-state index contributed by atoms with van der Waals surface area (Å²) < 4.78 is 5.61. The topological polar surface area (TPSA) is 76.1 Å². The molecule has 0 bridgehead atoms. The van der Waals surface area contributed by atoms with Crippen molar-refractivity contribution >= 4 is 23.5 Å². The first-order valence-corrected chi connectivity index (χ1v) is 9.08. The Balaban J connectivity index is 1.52. The molecule has 2 heterocycles. The summed E-state index contributed by atoms with van der Waals surface area (Å²) in [5.74, 6) is 3.25. The fourth-order valence-corrected chi connectivity index (χ4v) is 3.45. The van der Waals surface area contributed by atoms with Gasteiger partial charge >= 0.3 is 6.03 Å². The number of thioether (sulfide) groups is 1. The average Bonchev–Trinajstić information content (AvgIpc) is 2.59. The molecule has 1 aromatic heterocycles. The van der Waals surface area contributed by atoms with Gasteiger partial charge in [0.25, 0.3) is 0 Å². The van der Waals surface area contributed by atoms with Gasteiger partial charge in [0.15, 0.2) is 0 Å². The van der Waals surface area contributed by atoms with Crippen molar-refractivity contribution in [3.05, 3.63) is 42.1 Å². The van der Waals surface area contributed by atoms with Crippen LogP contribution in [0.4, 0.5) is 10.5 Å². The summed E-state index contributed by atoms with van der Waals surface area (Å²) in [6.45, 7) is 1.87. The quantitative estimate of drug-likeness (QED) is 0.886. The van der Waals surface area contributed by atoms with E-state index in [0.29, 0.717) is 11.6 Å². The van der Waals surface area contributed by atoms with E-state index in [9.17, 15) is 4.79 Å². The minimum Gasteiger partial charge on any atom is -0.438 e. The molecule has 1 aliphatic heterocycles. The third-order valence-electron chi connectivity index (χ3n) is 3.60. The highest BCUT2D eigenvalue weighted by atomic mass is 32.2. The first-order valence-electron chi connectivity index (χ1n) is 7.92. The van der Waals surface area contributed by atoms with Gasteiger partial charge in [-0.2, -0.15) is 16.9 Å². The molecule has 6 nitrogen and oxygen atoms in total. The standard InChI is InChI=1S/C17H20N4O2S/c1-12-4-9-16(21-20-12)23-15-7-5-13(6-8-15)18-17(22)19-14-3-2-10-24-11-14/h4-9,14H,2-3,10-11H2,1H3,(H2,18,19,22)/t14-/m0/s1. The minimum atomic E-state index is -0.166. The van der Waals surface area contributed by atoms with Crippen LogP contribution in [0.2, 0.25) is 0 Å². The summed E-state index contributed by atoms with van der Waals surface area (Å²) in [5, 5.41) is 13.8. The Bertz CT molecular complexity index is 670. The molecule has 1 aromatic carbocycles. The lowest BCUT2D eigenvalue weighted by atomic mass is 10.2. The third-order valence-corrected chi connectivity index (χ3v) is 4.82. The van der Waals surface area contributed by atoms with E-state index in [1.807, 2.05) is 24.8 Å². The second kappa shape index (κ2) is 8.01. The van der Waals surface area contributed by atoms with Gasteiger partial charge in [-0.05, 0) is 55.9 Å². The Labute approximate surface area is 145 Å². The maximum Gasteiger partial charge on any atom is 0.319 e. The second-order valence-corrected chi connectivity index (χ2v) is 6.80. The molecule has 3 rings (SSSR count). The SMILES string of the molecule is Cc1ccc(Oc2ccc(NC(=O)N[C@H]3CCCSC3)cc2)nn1. The fraction of sp³-hybridized carbons (Fsp3) is 0.353. The third kappa shape index (κ3) is 4.86. The number of hydrogen-bond donors (Lipinski definition) is 2. The molecule has 7 heteroatoms. The van der Waals surface area contributed by atoms with Crippen molar-refractivity contribution in [3.63, 3.8) is 0 Å². The summed E-state index contributed by atoms with van der Waals surface area (Å²) in [4.78, 5) is 12.0. The summed E-state index contributed by atoms with van der Waals surface area (Å²) in [6.07, 6.45) is 2.20. The van der Waals surface area contributed by atoms with Crippen LogP contribution in [0, 0.1) is 6.92 Å². The Hall–Kier alpha value is -2.28. The Morgan fingerprint density at radius 1 is 1.21 bits per heavy atom. The van der Waals surface area contributed by atoms with E-state index in [-0.39, 0.29) is 12.1 Å². The van der Waals surface area contributed by atoms with Crippen LogP contribution in [-0.2, 0) is 0 Å². The van der Waals surface area contributed by atoms with Crippen molar-refractivity contribution in [1.82, 2.24) is 15.5 Å². The molecule has 24 heavy (non-hydrogen) atoms. The number of aromatic nitrogens is 2. The highest BCUT2D eigenvalue weighted by Crippen LogP contribution is 2.21. The minimum absolute atomic E-state index is 0.166. The van der Waals surface area contributed by atoms with Crippen LogP contribution in [0.3, 0.4) is 0 Å². The van der Waals surface area contributed by atoms with Crippen molar-refractivity contribution in [2.45, 2.75) is 25.8 Å². The van der Waals surface area contributed by atoms with Crippen LogP contribution in [0.5, 0.6) is 11.6 Å². The molecule has 0 spiro atoms. The smallest absolute Gasteiger partial charge is 0.319 e. The van der Waals surface area contributed by atoms with E-state index in [0.717, 1.165) is 30.0 Å². The summed E-state index contributed by atoms with van der Waals surface area (Å²) in [6, 6.07) is 10.9. The maximum atomic E-state index is 12.0. The van der Waals surface area contributed by atoms with Crippen LogP contribution < -0.4 is 15.4 Å². The zero-order valence-corrected chi connectivity index (χ0v) is 14.3. The van der Waals surface area contributed by atoms with Crippen molar-refractivity contribution in [3.8, 4) is 11.6 Å². The summed E-state index contributed by atoms with van der Waals surface area (Å²) in [5.41, 5.74) is 1.56. The highest BCUT2D eigenvalue weighted by molar-refractivity contribution is 7.99. The van der Waals surface area contributed by atoms with Crippen LogP contribution >= 0.6 is 11.8 Å². The lowest BCUT2D eigenvalue weighted by molar-refractivity contribution is 0.248. The molecule has 2 aromatic rings. The molecule has 1 atom stereocenters. The van der Waals surface area contributed by atoms with Gasteiger partial charge in [0, 0.05) is 23.5 Å². The zero-order valence-electron chi connectivity index (χ0n) is 13.5. The predicted octanol–water partition coefficient (Wildman–Crippen LogP) is 3.59. The van der Waals surface area contributed by atoms with Crippen LogP contribution in [-0.4, -0.2) is 33.8 Å². The van der Waals surface area contributed by atoms with Gasteiger partial charge in [0.1, 0.15) is 5.75 Å². The van der Waals surface area contributed by atoms with E-state index < -0.39 is 0 Å². The molecule has 1 aliphatic rings. The Morgan fingerprint density at radius 2 is 2.04 bits per heavy atom. The number of aryl methyl sites for hydroxylation is 1. The molecule has 126 valence electrons. The highest BCUT2D eigenvalue weighted by Gasteiger charge is 2.15. The van der Waals surface area contributed by atoms with E-state index in [2.05, 4.69) is 20.8 Å². The molecule has 0 saturated carbocycles. The van der Waals surface area contributed by atoms with E-state index in [1.54, 1.807) is 30.3 Å². The number of nitrogens with zero attached hydrogens (tertiary/aromatic N) is 2. The van der Waals surface area contributed by atoms with E-state index in [1.165, 1.54) is 5.75 Å². The molecule has 0 aliphatic carbocycles.